The van der Waals surface area contributed by atoms with Crippen molar-refractivity contribution >= 4 is 17.5 Å². The van der Waals surface area contributed by atoms with Gasteiger partial charge in [-0.1, -0.05) is 30.7 Å². The summed E-state index contributed by atoms with van der Waals surface area (Å²) in [6.07, 6.45) is 2.65. The second-order valence-electron chi connectivity index (χ2n) is 5.77. The minimum atomic E-state index is -0.214. The van der Waals surface area contributed by atoms with Gasteiger partial charge in [-0.2, -0.15) is 0 Å². The lowest BCUT2D eigenvalue weighted by molar-refractivity contribution is -0.130. The van der Waals surface area contributed by atoms with Crippen molar-refractivity contribution < 1.29 is 4.79 Å². The predicted molar refractivity (Wildman–Crippen MR) is 83.0 cm³/mol. The van der Waals surface area contributed by atoms with Crippen LogP contribution in [0.3, 0.4) is 0 Å². The molecule has 0 radical (unpaired) electrons. The topological polar surface area (TPSA) is 41.1 Å². The normalized spacial score (nSPS) is 23.6. The fraction of sp³-hybridized carbons (Fsp3) is 0.562. The zero-order chi connectivity index (χ0) is 14.6. The third-order valence-corrected chi connectivity index (χ3v) is 4.49. The van der Waals surface area contributed by atoms with Crippen LogP contribution in [0, 0.1) is 5.41 Å². The smallest absolute Gasteiger partial charge is 0.227 e. The van der Waals surface area contributed by atoms with Gasteiger partial charge in [-0.25, -0.2) is 0 Å². The van der Waals surface area contributed by atoms with Crippen LogP contribution in [-0.4, -0.2) is 25.0 Å². The maximum Gasteiger partial charge on any atom is 0.227 e. The van der Waals surface area contributed by atoms with Gasteiger partial charge in [-0.15, -0.1) is 0 Å². The van der Waals surface area contributed by atoms with E-state index in [1.54, 1.807) is 0 Å². The Hall–Kier alpha value is -1.06. The van der Waals surface area contributed by atoms with E-state index in [9.17, 15) is 4.79 Å². The Balaban J connectivity index is 1.92. The van der Waals surface area contributed by atoms with Crippen LogP contribution in [-0.2, 0) is 11.2 Å². The number of carbonyl (C=O) groups excluding carboxylic acids is 1. The zero-order valence-corrected chi connectivity index (χ0v) is 13.0. The molecule has 1 fully saturated rings. The molecule has 1 aromatic carbocycles. The highest BCUT2D eigenvalue weighted by molar-refractivity contribution is 6.30. The molecule has 4 heteroatoms. The van der Waals surface area contributed by atoms with Crippen molar-refractivity contribution in [1.29, 1.82) is 0 Å². The number of amides is 1. The highest BCUT2D eigenvalue weighted by Crippen LogP contribution is 2.29. The molecule has 3 nitrogen and oxygen atoms in total. The quantitative estimate of drug-likeness (QED) is 0.877. The molecule has 1 heterocycles. The molecule has 20 heavy (non-hydrogen) atoms. The van der Waals surface area contributed by atoms with E-state index in [2.05, 4.69) is 24.5 Å². The lowest BCUT2D eigenvalue weighted by atomic mass is 9.83. The summed E-state index contributed by atoms with van der Waals surface area (Å²) in [5.74, 6) is 0.187. The zero-order valence-electron chi connectivity index (χ0n) is 12.2. The molecule has 110 valence electrons. The van der Waals surface area contributed by atoms with Crippen molar-refractivity contribution in [3.8, 4) is 0 Å². The van der Waals surface area contributed by atoms with E-state index in [0.29, 0.717) is 0 Å². The summed E-state index contributed by atoms with van der Waals surface area (Å²) in [5.41, 5.74) is 0.978. The van der Waals surface area contributed by atoms with E-state index >= 15 is 0 Å². The highest BCUT2D eigenvalue weighted by atomic mass is 35.5. The monoisotopic (exact) mass is 294 g/mol. The molecule has 1 aromatic rings. The van der Waals surface area contributed by atoms with Gasteiger partial charge in [0.15, 0.2) is 0 Å². The van der Waals surface area contributed by atoms with E-state index in [-0.39, 0.29) is 17.4 Å². The standard InChI is InChI=1S/C16H23ClN2O/c1-3-16(8-9-18-11-16)15(20)19-12(2)10-13-4-6-14(17)7-5-13/h4-7,12,18H,3,8-11H2,1-2H3,(H,19,20). The van der Waals surface area contributed by atoms with Gasteiger partial charge in [0.05, 0.1) is 5.41 Å². The second-order valence-corrected chi connectivity index (χ2v) is 6.20. The minimum Gasteiger partial charge on any atom is -0.353 e. The lowest BCUT2D eigenvalue weighted by Gasteiger charge is -2.27. The summed E-state index contributed by atoms with van der Waals surface area (Å²) in [6.45, 7) is 5.88. The van der Waals surface area contributed by atoms with E-state index in [1.807, 2.05) is 24.3 Å². The van der Waals surface area contributed by atoms with Gasteiger partial charge in [0.25, 0.3) is 0 Å². The Morgan fingerprint density at radius 2 is 2.15 bits per heavy atom. The van der Waals surface area contributed by atoms with Gasteiger partial charge in [0, 0.05) is 17.6 Å². The third kappa shape index (κ3) is 3.53. The molecule has 0 saturated carbocycles. The Kier molecular flexibility index (Phi) is 5.06. The van der Waals surface area contributed by atoms with Crippen LogP contribution in [0.2, 0.25) is 5.02 Å². The van der Waals surface area contributed by atoms with Crippen molar-refractivity contribution in [2.24, 2.45) is 5.41 Å². The number of halogens is 1. The number of benzene rings is 1. The van der Waals surface area contributed by atoms with Gasteiger partial charge in [0.1, 0.15) is 0 Å². The average Bonchev–Trinajstić information content (AvgIpc) is 2.91. The van der Waals surface area contributed by atoms with Crippen molar-refractivity contribution in [2.45, 2.75) is 39.2 Å². The fourth-order valence-electron chi connectivity index (χ4n) is 2.80. The van der Waals surface area contributed by atoms with Crippen molar-refractivity contribution in [3.63, 3.8) is 0 Å². The summed E-state index contributed by atoms with van der Waals surface area (Å²) in [6, 6.07) is 7.93. The first-order valence-electron chi connectivity index (χ1n) is 7.32. The molecule has 1 aliphatic heterocycles. The van der Waals surface area contributed by atoms with Crippen LogP contribution in [0.5, 0.6) is 0 Å². The Morgan fingerprint density at radius 3 is 2.70 bits per heavy atom. The predicted octanol–water partition coefficient (Wildman–Crippen LogP) is 2.78. The van der Waals surface area contributed by atoms with Crippen molar-refractivity contribution in [3.05, 3.63) is 34.9 Å². The summed E-state index contributed by atoms with van der Waals surface area (Å²) in [5, 5.41) is 7.21. The molecule has 2 unspecified atom stereocenters. The van der Waals surface area contributed by atoms with Crippen molar-refractivity contribution in [1.82, 2.24) is 10.6 Å². The minimum absolute atomic E-state index is 0.132. The third-order valence-electron chi connectivity index (χ3n) is 4.23. The van der Waals surface area contributed by atoms with Gasteiger partial charge in [-0.3, -0.25) is 4.79 Å². The molecule has 0 spiro atoms. The number of nitrogens with one attached hydrogen (secondary N) is 2. The molecule has 2 N–H and O–H groups in total. The number of hydrogen-bond donors (Lipinski definition) is 2. The van der Waals surface area contributed by atoms with Crippen LogP contribution in [0.25, 0.3) is 0 Å². The summed E-state index contributed by atoms with van der Waals surface area (Å²) >= 11 is 5.88. The van der Waals surface area contributed by atoms with Crippen LogP contribution < -0.4 is 10.6 Å². The van der Waals surface area contributed by atoms with Crippen LogP contribution in [0.1, 0.15) is 32.3 Å². The maximum absolute atomic E-state index is 12.5. The molecule has 1 saturated heterocycles. The van der Waals surface area contributed by atoms with Crippen molar-refractivity contribution in [2.75, 3.05) is 13.1 Å². The second kappa shape index (κ2) is 6.59. The lowest BCUT2D eigenvalue weighted by Crippen LogP contribution is -2.46. The Morgan fingerprint density at radius 1 is 1.45 bits per heavy atom. The molecule has 1 amide bonds. The number of carbonyl (C=O) groups is 1. The SMILES string of the molecule is CCC1(C(=O)NC(C)Cc2ccc(Cl)cc2)CCNC1. The van der Waals surface area contributed by atoms with E-state index in [4.69, 9.17) is 11.6 Å². The first-order valence-corrected chi connectivity index (χ1v) is 7.70. The van der Waals surface area contributed by atoms with Crippen LogP contribution in [0.15, 0.2) is 24.3 Å². The first kappa shape index (κ1) is 15.3. The van der Waals surface area contributed by atoms with Crippen LogP contribution in [0.4, 0.5) is 0 Å². The van der Waals surface area contributed by atoms with E-state index in [1.165, 1.54) is 5.56 Å². The number of rotatable bonds is 5. The van der Waals surface area contributed by atoms with Gasteiger partial charge >= 0.3 is 0 Å². The fourth-order valence-corrected chi connectivity index (χ4v) is 2.93. The number of hydrogen-bond acceptors (Lipinski definition) is 2. The molecular formula is C16H23ClN2O. The average molecular weight is 295 g/mol. The summed E-state index contributed by atoms with van der Waals surface area (Å²) in [4.78, 5) is 12.5. The van der Waals surface area contributed by atoms with E-state index < -0.39 is 0 Å². The Labute approximate surface area is 126 Å². The van der Waals surface area contributed by atoms with Gasteiger partial charge < -0.3 is 10.6 Å². The van der Waals surface area contributed by atoms with Crippen LogP contribution >= 0.6 is 11.6 Å². The molecule has 1 aliphatic rings. The molecular weight excluding hydrogens is 272 g/mol. The summed E-state index contributed by atoms with van der Waals surface area (Å²) < 4.78 is 0. The molecule has 2 rings (SSSR count). The highest BCUT2D eigenvalue weighted by Gasteiger charge is 2.39. The Bertz CT molecular complexity index is 452. The maximum atomic E-state index is 12.5. The molecule has 0 bridgehead atoms. The van der Waals surface area contributed by atoms with Gasteiger partial charge in [-0.05, 0) is 50.4 Å². The van der Waals surface area contributed by atoms with Gasteiger partial charge in [0.2, 0.25) is 5.91 Å². The van der Waals surface area contributed by atoms with E-state index in [0.717, 1.165) is 37.4 Å². The molecule has 0 aliphatic carbocycles. The molecule has 2 atom stereocenters. The largest absolute Gasteiger partial charge is 0.353 e. The first-order chi connectivity index (χ1) is 9.55. The molecule has 0 aromatic heterocycles. The summed E-state index contributed by atoms with van der Waals surface area (Å²) in [7, 11) is 0.